The van der Waals surface area contributed by atoms with E-state index in [1.54, 1.807) is 0 Å². The van der Waals surface area contributed by atoms with Gasteiger partial charge < -0.3 is 5.32 Å². The minimum absolute atomic E-state index is 0.160. The third kappa shape index (κ3) is 5.84. The average Bonchev–Trinajstić information content (AvgIpc) is 2.28. The minimum atomic E-state index is -3.08. The third-order valence-corrected chi connectivity index (χ3v) is 4.95. The van der Waals surface area contributed by atoms with E-state index >= 15 is 0 Å². The predicted molar refractivity (Wildman–Crippen MR) is 71.5 cm³/mol. The van der Waals surface area contributed by atoms with Gasteiger partial charge in [-0.25, -0.2) is 13.1 Å². The van der Waals surface area contributed by atoms with Crippen molar-refractivity contribution in [3.05, 3.63) is 0 Å². The van der Waals surface area contributed by atoms with Gasteiger partial charge in [0.25, 0.3) is 0 Å². The topological polar surface area (TPSA) is 58.2 Å². The fourth-order valence-corrected chi connectivity index (χ4v) is 3.80. The second-order valence-corrected chi connectivity index (χ2v) is 6.89. The molecule has 102 valence electrons. The molecule has 0 aromatic rings. The fourth-order valence-electron chi connectivity index (χ4n) is 2.34. The van der Waals surface area contributed by atoms with Crippen LogP contribution in [0.25, 0.3) is 0 Å². The average molecular weight is 262 g/mol. The molecule has 0 saturated heterocycles. The number of nitrogens with one attached hydrogen (secondary N) is 2. The van der Waals surface area contributed by atoms with E-state index in [0.717, 1.165) is 32.4 Å². The lowest BCUT2D eigenvalue weighted by Gasteiger charge is -2.29. The summed E-state index contributed by atoms with van der Waals surface area (Å²) >= 11 is 0. The Morgan fingerprint density at radius 1 is 1.24 bits per heavy atom. The Morgan fingerprint density at radius 3 is 2.59 bits per heavy atom. The second kappa shape index (κ2) is 7.34. The van der Waals surface area contributed by atoms with Gasteiger partial charge in [-0.1, -0.05) is 26.7 Å². The summed E-state index contributed by atoms with van der Waals surface area (Å²) in [6.45, 7) is 5.84. The molecule has 0 aromatic heterocycles. The van der Waals surface area contributed by atoms with Crippen LogP contribution in [0.3, 0.4) is 0 Å². The molecule has 5 heteroatoms. The van der Waals surface area contributed by atoms with Crippen LogP contribution in [0, 0.1) is 5.92 Å². The van der Waals surface area contributed by atoms with Gasteiger partial charge in [-0.2, -0.15) is 0 Å². The van der Waals surface area contributed by atoms with Crippen LogP contribution < -0.4 is 10.0 Å². The maximum absolute atomic E-state index is 11.9. The summed E-state index contributed by atoms with van der Waals surface area (Å²) < 4.78 is 26.6. The van der Waals surface area contributed by atoms with Crippen LogP contribution in [-0.2, 0) is 10.0 Å². The Hall–Kier alpha value is -0.130. The molecule has 17 heavy (non-hydrogen) atoms. The number of sulfonamides is 1. The highest BCUT2D eigenvalue weighted by Crippen LogP contribution is 2.24. The molecule has 1 fully saturated rings. The summed E-state index contributed by atoms with van der Waals surface area (Å²) in [5.74, 6) is 0.718. The highest BCUT2D eigenvalue weighted by Gasteiger charge is 2.25. The molecule has 0 aromatic carbocycles. The maximum Gasteiger partial charge on any atom is 0.211 e. The molecule has 2 N–H and O–H groups in total. The van der Waals surface area contributed by atoms with E-state index in [0.29, 0.717) is 12.3 Å². The highest BCUT2D eigenvalue weighted by atomic mass is 32.2. The summed E-state index contributed by atoms with van der Waals surface area (Å²) in [4.78, 5) is 0. The molecule has 1 saturated carbocycles. The molecule has 0 spiro atoms. The normalized spacial score (nSPS) is 26.0. The lowest BCUT2D eigenvalue weighted by atomic mass is 9.87. The van der Waals surface area contributed by atoms with Crippen molar-refractivity contribution in [2.24, 2.45) is 5.92 Å². The van der Waals surface area contributed by atoms with E-state index in [2.05, 4.69) is 17.0 Å². The van der Waals surface area contributed by atoms with Crippen LogP contribution in [0.1, 0.15) is 46.0 Å². The predicted octanol–water partition coefficient (Wildman–Crippen LogP) is 1.48. The van der Waals surface area contributed by atoms with E-state index in [1.165, 1.54) is 6.42 Å². The number of hydrogen-bond donors (Lipinski definition) is 2. The molecule has 0 radical (unpaired) electrons. The van der Waals surface area contributed by atoms with Gasteiger partial charge in [-0.3, -0.25) is 0 Å². The van der Waals surface area contributed by atoms with Gasteiger partial charge in [-0.15, -0.1) is 0 Å². The molecule has 2 atom stereocenters. The number of rotatable bonds is 7. The SMILES string of the molecule is CCNCCCS(=O)(=O)NC1CCCCC1C. The molecule has 0 amide bonds. The van der Waals surface area contributed by atoms with Crippen molar-refractivity contribution in [1.82, 2.24) is 10.0 Å². The zero-order chi connectivity index (χ0) is 12.7. The Morgan fingerprint density at radius 2 is 1.94 bits per heavy atom. The molecule has 4 nitrogen and oxygen atoms in total. The largest absolute Gasteiger partial charge is 0.317 e. The number of hydrogen-bond acceptors (Lipinski definition) is 3. The van der Waals surface area contributed by atoms with E-state index in [4.69, 9.17) is 0 Å². The summed E-state index contributed by atoms with van der Waals surface area (Å²) in [6, 6.07) is 0.160. The molecule has 1 aliphatic rings. The Labute approximate surface area is 106 Å². The summed E-state index contributed by atoms with van der Waals surface area (Å²) in [5.41, 5.74) is 0. The molecule has 1 rings (SSSR count). The molecule has 2 unspecified atom stereocenters. The molecular weight excluding hydrogens is 236 g/mol. The van der Waals surface area contributed by atoms with Gasteiger partial charge in [0.15, 0.2) is 0 Å². The van der Waals surface area contributed by atoms with Gasteiger partial charge in [0.05, 0.1) is 5.75 Å². The first-order chi connectivity index (χ1) is 8.05. The molecule has 1 aliphatic carbocycles. The zero-order valence-electron chi connectivity index (χ0n) is 11.0. The summed E-state index contributed by atoms with van der Waals surface area (Å²) in [6.07, 6.45) is 5.21. The first-order valence-corrected chi connectivity index (χ1v) is 8.41. The smallest absolute Gasteiger partial charge is 0.211 e. The van der Waals surface area contributed by atoms with Crippen LogP contribution in [0.5, 0.6) is 0 Å². The van der Waals surface area contributed by atoms with Gasteiger partial charge in [0, 0.05) is 6.04 Å². The lowest BCUT2D eigenvalue weighted by Crippen LogP contribution is -2.42. The minimum Gasteiger partial charge on any atom is -0.317 e. The van der Waals surface area contributed by atoms with Crippen molar-refractivity contribution in [2.75, 3.05) is 18.8 Å². The molecule has 0 aliphatic heterocycles. The zero-order valence-corrected chi connectivity index (χ0v) is 11.9. The van der Waals surface area contributed by atoms with E-state index in [9.17, 15) is 8.42 Å². The molecular formula is C12H26N2O2S. The van der Waals surface area contributed by atoms with Crippen molar-refractivity contribution < 1.29 is 8.42 Å². The van der Waals surface area contributed by atoms with Crippen LogP contribution in [-0.4, -0.2) is 33.3 Å². The van der Waals surface area contributed by atoms with Crippen molar-refractivity contribution >= 4 is 10.0 Å². The Balaban J connectivity index is 2.32. The highest BCUT2D eigenvalue weighted by molar-refractivity contribution is 7.89. The quantitative estimate of drug-likeness (QED) is 0.683. The molecule has 0 heterocycles. The first-order valence-electron chi connectivity index (χ1n) is 6.76. The lowest BCUT2D eigenvalue weighted by molar-refractivity contribution is 0.310. The molecule has 0 bridgehead atoms. The second-order valence-electron chi connectivity index (χ2n) is 5.01. The van der Waals surface area contributed by atoms with Gasteiger partial charge >= 0.3 is 0 Å². The van der Waals surface area contributed by atoms with E-state index in [1.807, 2.05) is 6.92 Å². The first kappa shape index (κ1) is 14.9. The maximum atomic E-state index is 11.9. The van der Waals surface area contributed by atoms with Crippen LogP contribution in [0.4, 0.5) is 0 Å². The van der Waals surface area contributed by atoms with Crippen molar-refractivity contribution in [3.8, 4) is 0 Å². The van der Waals surface area contributed by atoms with E-state index in [-0.39, 0.29) is 11.8 Å². The monoisotopic (exact) mass is 262 g/mol. The van der Waals surface area contributed by atoms with Crippen molar-refractivity contribution in [2.45, 2.75) is 52.0 Å². The third-order valence-electron chi connectivity index (χ3n) is 3.46. The van der Waals surface area contributed by atoms with Gasteiger partial charge in [0.2, 0.25) is 10.0 Å². The fraction of sp³-hybridized carbons (Fsp3) is 1.00. The standard InChI is InChI=1S/C12H26N2O2S/c1-3-13-9-6-10-17(15,16)14-12-8-5-4-7-11(12)2/h11-14H,3-10H2,1-2H3. The Kier molecular flexibility index (Phi) is 6.44. The van der Waals surface area contributed by atoms with Crippen molar-refractivity contribution in [3.63, 3.8) is 0 Å². The van der Waals surface area contributed by atoms with Gasteiger partial charge in [-0.05, 0) is 38.3 Å². The van der Waals surface area contributed by atoms with Crippen LogP contribution in [0.2, 0.25) is 0 Å². The van der Waals surface area contributed by atoms with Gasteiger partial charge in [0.1, 0.15) is 0 Å². The Bertz CT molecular complexity index is 304. The van der Waals surface area contributed by atoms with Crippen LogP contribution >= 0.6 is 0 Å². The van der Waals surface area contributed by atoms with E-state index < -0.39 is 10.0 Å². The van der Waals surface area contributed by atoms with Crippen LogP contribution in [0.15, 0.2) is 0 Å². The summed E-state index contributed by atoms with van der Waals surface area (Å²) in [5, 5.41) is 3.14. The van der Waals surface area contributed by atoms with Crippen molar-refractivity contribution in [1.29, 1.82) is 0 Å². The summed E-state index contributed by atoms with van der Waals surface area (Å²) in [7, 11) is -3.08.